The number of nitrogens with zero attached hydrogens (tertiary/aromatic N) is 1. The molecule has 1 nitrogen and oxygen atoms in total. The highest BCUT2D eigenvalue weighted by molar-refractivity contribution is 14.1. The van der Waals surface area contributed by atoms with Gasteiger partial charge < -0.3 is 0 Å². The Hall–Kier alpha value is 0.540. The Morgan fingerprint density at radius 2 is 1.08 bits per heavy atom. The van der Waals surface area contributed by atoms with Crippen LogP contribution in [0.4, 0.5) is 0 Å². The third-order valence-corrected chi connectivity index (χ3v) is 11.1. The molecule has 0 unspecified atom stereocenters. The number of thiazole rings is 1. The fourth-order valence-electron chi connectivity index (χ4n) is 4.93. The molecule has 0 atom stereocenters. The van der Waals surface area contributed by atoms with Crippen LogP contribution in [0.5, 0.6) is 0 Å². The maximum absolute atomic E-state index is 5.11. The van der Waals surface area contributed by atoms with E-state index in [2.05, 4.69) is 58.4 Å². The largest absolute Gasteiger partial charge is 0.239 e. The number of rotatable bonds is 23. The lowest BCUT2D eigenvalue weighted by atomic mass is 10.0. The van der Waals surface area contributed by atoms with Gasteiger partial charge in [-0.3, -0.25) is 0 Å². The van der Waals surface area contributed by atoms with Crippen molar-refractivity contribution in [2.45, 2.75) is 155 Å². The van der Waals surface area contributed by atoms with Crippen LogP contribution >= 0.6 is 61.2 Å². The number of thiophene rings is 1. The average Bonchev–Trinajstić information content (AvgIpc) is 3.43. The number of aryl methyl sites for hydroxylation is 2. The molecule has 0 bridgehead atoms. The summed E-state index contributed by atoms with van der Waals surface area (Å²) in [6, 6.07) is 2.41. The molecule has 0 N–H and O–H groups in total. The molecule has 0 saturated heterocycles. The van der Waals surface area contributed by atoms with Crippen molar-refractivity contribution >= 4 is 61.2 Å². The third-order valence-electron chi connectivity index (χ3n) is 7.19. The lowest BCUT2D eigenvalue weighted by Gasteiger charge is -2.03. The molecule has 2 aromatic heterocycles. The zero-order valence-electron chi connectivity index (χ0n) is 23.2. The van der Waals surface area contributed by atoms with Gasteiger partial charge >= 0.3 is 0 Å². The van der Waals surface area contributed by atoms with Crippen LogP contribution < -0.4 is 0 Å². The van der Waals surface area contributed by atoms with Crippen molar-refractivity contribution in [1.82, 2.24) is 4.98 Å². The van der Waals surface area contributed by atoms with Gasteiger partial charge in [-0.1, -0.05) is 129 Å². The highest BCUT2D eigenvalue weighted by Gasteiger charge is 2.16. The number of hydrogen-bond acceptors (Lipinski definition) is 3. The van der Waals surface area contributed by atoms with Crippen molar-refractivity contribution in [1.29, 1.82) is 0 Å². The summed E-state index contributed by atoms with van der Waals surface area (Å²) in [5, 5.41) is 1.24. The second-order valence-corrected chi connectivity index (χ2v) is 15.8. The number of hydrogen-bond donors (Lipinski definition) is 0. The number of aromatic nitrogens is 1. The van der Waals surface area contributed by atoms with Gasteiger partial charge in [0.15, 0.2) is 0 Å². The van der Waals surface area contributed by atoms with Crippen molar-refractivity contribution in [3.8, 4) is 9.88 Å². The van der Waals surface area contributed by atoms with E-state index < -0.39 is 0 Å². The van der Waals surface area contributed by atoms with Gasteiger partial charge in [0.1, 0.15) is 5.01 Å². The molecular formula is C31H51BrINS2. The molecule has 0 aromatic carbocycles. The first-order valence-corrected chi connectivity index (χ1v) is 18.6. The molecule has 5 heteroatoms. The highest BCUT2D eigenvalue weighted by atomic mass is 127. The van der Waals surface area contributed by atoms with Gasteiger partial charge in [0.05, 0.1) is 17.2 Å². The Bertz CT molecular complexity index is 801. The SMILES string of the molecule is CCCCCCCCCCCCc1cc(I)sc1-c1nc(CCCCCCCCCCCC)c(Br)s1. The minimum Gasteiger partial charge on any atom is -0.239 e. The van der Waals surface area contributed by atoms with E-state index in [1.54, 1.807) is 0 Å². The van der Waals surface area contributed by atoms with Crippen molar-refractivity contribution in [3.63, 3.8) is 0 Å². The number of halogens is 2. The standard InChI is InChI=1S/C31H51BrINS2/c1-3-5-7-9-11-13-15-17-19-21-23-26-25-28(33)35-29(26)31-34-27(30(32)36-31)24-22-20-18-16-14-12-10-8-6-4-2/h25H,3-24H2,1-2H3. The van der Waals surface area contributed by atoms with Crippen molar-refractivity contribution in [2.75, 3.05) is 0 Å². The Labute approximate surface area is 253 Å². The van der Waals surface area contributed by atoms with E-state index in [0.29, 0.717) is 0 Å². The van der Waals surface area contributed by atoms with Gasteiger partial charge in [0, 0.05) is 0 Å². The summed E-state index contributed by atoms with van der Waals surface area (Å²) in [6.07, 6.45) is 30.2. The van der Waals surface area contributed by atoms with Gasteiger partial charge in [0.2, 0.25) is 0 Å². The smallest absolute Gasteiger partial charge is 0.135 e. The van der Waals surface area contributed by atoms with E-state index in [1.165, 1.54) is 163 Å². The van der Waals surface area contributed by atoms with Gasteiger partial charge in [-0.05, 0) is 75.8 Å². The molecule has 0 amide bonds. The Morgan fingerprint density at radius 1 is 0.639 bits per heavy atom. The molecule has 36 heavy (non-hydrogen) atoms. The lowest BCUT2D eigenvalue weighted by molar-refractivity contribution is 0.555. The topological polar surface area (TPSA) is 12.9 Å². The Morgan fingerprint density at radius 3 is 1.58 bits per heavy atom. The molecule has 0 fully saturated rings. The Balaban J connectivity index is 1.66. The predicted molar refractivity (Wildman–Crippen MR) is 177 cm³/mol. The van der Waals surface area contributed by atoms with Crippen LogP contribution in [0.1, 0.15) is 154 Å². The minimum atomic E-state index is 1.11. The Kier molecular flexibility index (Phi) is 19.4. The summed E-state index contributed by atoms with van der Waals surface area (Å²) >= 11 is 10.1. The summed E-state index contributed by atoms with van der Waals surface area (Å²) < 4.78 is 2.65. The van der Waals surface area contributed by atoms with Crippen LogP contribution in [0.2, 0.25) is 0 Å². The zero-order chi connectivity index (χ0) is 25.8. The fraction of sp³-hybridized carbons (Fsp3) is 0.774. The van der Waals surface area contributed by atoms with Crippen LogP contribution in [0.3, 0.4) is 0 Å². The molecule has 0 saturated carbocycles. The van der Waals surface area contributed by atoms with E-state index >= 15 is 0 Å². The monoisotopic (exact) mass is 707 g/mol. The van der Waals surface area contributed by atoms with E-state index in [-0.39, 0.29) is 0 Å². The van der Waals surface area contributed by atoms with Crippen LogP contribution in [0, 0.1) is 2.88 Å². The average molecular weight is 709 g/mol. The zero-order valence-corrected chi connectivity index (χ0v) is 28.5. The van der Waals surface area contributed by atoms with Crippen LogP contribution in [0.25, 0.3) is 9.88 Å². The fourth-order valence-corrected chi connectivity index (χ4v) is 8.60. The summed E-state index contributed by atoms with van der Waals surface area (Å²) in [5.74, 6) is 0. The molecule has 0 aliphatic carbocycles. The van der Waals surface area contributed by atoms with Crippen molar-refractivity contribution < 1.29 is 0 Å². The van der Waals surface area contributed by atoms with Crippen LogP contribution in [-0.4, -0.2) is 4.98 Å². The van der Waals surface area contributed by atoms with E-state index in [9.17, 15) is 0 Å². The van der Waals surface area contributed by atoms with E-state index in [4.69, 9.17) is 4.98 Å². The van der Waals surface area contributed by atoms with Gasteiger partial charge in [-0.25, -0.2) is 4.98 Å². The molecule has 2 heterocycles. The highest BCUT2D eigenvalue weighted by Crippen LogP contribution is 2.40. The predicted octanol–water partition coefficient (Wildman–Crippen LogP) is 13.2. The molecule has 206 valence electrons. The molecule has 2 aromatic rings. The van der Waals surface area contributed by atoms with Crippen molar-refractivity contribution in [3.05, 3.63) is 24.0 Å². The van der Waals surface area contributed by atoms with Crippen molar-refractivity contribution in [2.24, 2.45) is 0 Å². The molecule has 0 aliphatic rings. The van der Waals surface area contributed by atoms with E-state index in [1.807, 2.05) is 22.7 Å². The third kappa shape index (κ3) is 14.1. The molecule has 2 rings (SSSR count). The summed E-state index contributed by atoms with van der Waals surface area (Å²) in [4.78, 5) is 6.53. The second-order valence-electron chi connectivity index (χ2n) is 10.5. The lowest BCUT2D eigenvalue weighted by Crippen LogP contribution is -1.90. The summed E-state index contributed by atoms with van der Waals surface area (Å²) in [6.45, 7) is 4.59. The summed E-state index contributed by atoms with van der Waals surface area (Å²) in [7, 11) is 0. The first-order chi connectivity index (χ1) is 17.7. The minimum absolute atomic E-state index is 1.11. The molecule has 0 aliphatic heterocycles. The maximum atomic E-state index is 5.11. The van der Waals surface area contributed by atoms with Gasteiger partial charge in [-0.15, -0.1) is 22.7 Å². The van der Waals surface area contributed by atoms with Crippen LogP contribution in [0.15, 0.2) is 9.85 Å². The second kappa shape index (κ2) is 21.4. The molecular weight excluding hydrogens is 657 g/mol. The first-order valence-electron chi connectivity index (χ1n) is 15.1. The number of unbranched alkanes of at least 4 members (excludes halogenated alkanes) is 18. The molecule has 0 radical (unpaired) electrons. The summed E-state index contributed by atoms with van der Waals surface area (Å²) in [5.41, 5.74) is 2.80. The van der Waals surface area contributed by atoms with Gasteiger partial charge in [0.25, 0.3) is 0 Å². The normalized spacial score (nSPS) is 11.6. The van der Waals surface area contributed by atoms with Crippen LogP contribution in [-0.2, 0) is 12.8 Å². The quantitative estimate of drug-likeness (QED) is 0.0827. The maximum Gasteiger partial charge on any atom is 0.135 e. The van der Waals surface area contributed by atoms with Gasteiger partial charge in [-0.2, -0.15) is 0 Å². The van der Waals surface area contributed by atoms with E-state index in [0.717, 1.165) is 6.42 Å². The molecule has 0 spiro atoms. The first kappa shape index (κ1) is 32.8.